The molecule has 1 saturated heterocycles. The number of likely N-dealkylation sites (tertiary alicyclic amines) is 1. The van der Waals surface area contributed by atoms with Crippen molar-refractivity contribution in [1.29, 1.82) is 0 Å². The van der Waals surface area contributed by atoms with Gasteiger partial charge in [-0.3, -0.25) is 4.79 Å². The number of benzene rings is 1. The lowest BCUT2D eigenvalue weighted by molar-refractivity contribution is 0.0679. The van der Waals surface area contributed by atoms with Crippen molar-refractivity contribution < 1.29 is 9.53 Å². The van der Waals surface area contributed by atoms with E-state index in [1.807, 2.05) is 24.0 Å². The van der Waals surface area contributed by atoms with Crippen molar-refractivity contribution in [3.05, 3.63) is 28.2 Å². The van der Waals surface area contributed by atoms with E-state index in [0.717, 1.165) is 30.4 Å². The average molecular weight is 341 g/mol. The fourth-order valence-corrected chi connectivity index (χ4v) is 3.01. The molecular weight excluding hydrogens is 320 g/mol. The fraction of sp³-hybridized carbons (Fsp3) is 0.533. The fourth-order valence-electron chi connectivity index (χ4n) is 2.59. The van der Waals surface area contributed by atoms with Crippen LogP contribution in [-0.2, 0) is 0 Å². The van der Waals surface area contributed by atoms with Crippen LogP contribution in [0.1, 0.15) is 30.1 Å². The summed E-state index contributed by atoms with van der Waals surface area (Å²) in [6, 6.07) is 5.67. The van der Waals surface area contributed by atoms with Crippen molar-refractivity contribution in [1.82, 2.24) is 4.90 Å². The molecule has 0 aromatic heterocycles. The normalized spacial score (nSPS) is 17.9. The van der Waals surface area contributed by atoms with Crippen LogP contribution in [-0.4, -0.2) is 37.0 Å². The molecule has 110 valence electrons. The van der Waals surface area contributed by atoms with Gasteiger partial charge in [-0.1, -0.05) is 0 Å². The lowest BCUT2D eigenvalue weighted by atomic mass is 9.90. The van der Waals surface area contributed by atoms with E-state index in [0.29, 0.717) is 17.2 Å². The highest BCUT2D eigenvalue weighted by Gasteiger charge is 2.26. The maximum absolute atomic E-state index is 12.6. The summed E-state index contributed by atoms with van der Waals surface area (Å²) in [4.78, 5) is 14.5. The smallest absolute Gasteiger partial charge is 0.255 e. The Labute approximate surface area is 128 Å². The number of hydrogen-bond donors (Lipinski definition) is 1. The zero-order chi connectivity index (χ0) is 14.7. The summed E-state index contributed by atoms with van der Waals surface area (Å²) in [6.45, 7) is 3.59. The molecule has 0 saturated carbocycles. The van der Waals surface area contributed by atoms with Gasteiger partial charge >= 0.3 is 0 Å². The molecule has 1 unspecified atom stereocenters. The highest BCUT2D eigenvalue weighted by molar-refractivity contribution is 9.10. The van der Waals surface area contributed by atoms with Crippen LogP contribution in [0, 0.1) is 5.92 Å². The van der Waals surface area contributed by atoms with Gasteiger partial charge in [0.05, 0.1) is 12.7 Å². The summed E-state index contributed by atoms with van der Waals surface area (Å²) < 4.78 is 5.99. The average Bonchev–Trinajstić information content (AvgIpc) is 2.47. The number of piperidine rings is 1. The third-order valence-corrected chi connectivity index (χ3v) is 4.67. The van der Waals surface area contributed by atoms with Gasteiger partial charge in [0.15, 0.2) is 0 Å². The minimum atomic E-state index is 0.0545. The molecule has 2 rings (SSSR count). The number of methoxy groups -OCH3 is 1. The maximum Gasteiger partial charge on any atom is 0.255 e. The van der Waals surface area contributed by atoms with Gasteiger partial charge in [0.2, 0.25) is 0 Å². The highest BCUT2D eigenvalue weighted by atomic mass is 79.9. The lowest BCUT2D eigenvalue weighted by Crippen LogP contribution is -2.42. The summed E-state index contributed by atoms with van der Waals surface area (Å²) in [6.07, 6.45) is 1.95. The molecule has 1 amide bonds. The van der Waals surface area contributed by atoms with Gasteiger partial charge in [0, 0.05) is 23.6 Å². The van der Waals surface area contributed by atoms with Gasteiger partial charge in [0.25, 0.3) is 5.91 Å². The molecular formula is C15H21BrN2O2. The van der Waals surface area contributed by atoms with Crippen LogP contribution in [0.5, 0.6) is 5.75 Å². The molecule has 0 spiro atoms. The largest absolute Gasteiger partial charge is 0.497 e. The number of rotatable bonds is 3. The molecule has 0 bridgehead atoms. The van der Waals surface area contributed by atoms with Gasteiger partial charge in [-0.15, -0.1) is 0 Å². The van der Waals surface area contributed by atoms with E-state index in [9.17, 15) is 4.79 Å². The van der Waals surface area contributed by atoms with E-state index in [4.69, 9.17) is 10.5 Å². The van der Waals surface area contributed by atoms with Crippen molar-refractivity contribution in [2.45, 2.75) is 25.8 Å². The Bertz CT molecular complexity index is 483. The van der Waals surface area contributed by atoms with Crippen molar-refractivity contribution in [3.63, 3.8) is 0 Å². The zero-order valence-electron chi connectivity index (χ0n) is 11.9. The second-order valence-corrected chi connectivity index (χ2v) is 6.19. The Kier molecular flexibility index (Phi) is 5.05. The predicted octanol–water partition coefficient (Wildman–Crippen LogP) is 2.66. The molecule has 5 heteroatoms. The van der Waals surface area contributed by atoms with Gasteiger partial charge in [-0.2, -0.15) is 0 Å². The molecule has 0 radical (unpaired) electrons. The van der Waals surface area contributed by atoms with Crippen molar-refractivity contribution >= 4 is 21.8 Å². The Balaban J connectivity index is 2.09. The second-order valence-electron chi connectivity index (χ2n) is 5.33. The van der Waals surface area contributed by atoms with Gasteiger partial charge < -0.3 is 15.4 Å². The van der Waals surface area contributed by atoms with Crippen molar-refractivity contribution in [3.8, 4) is 5.75 Å². The van der Waals surface area contributed by atoms with Crippen molar-refractivity contribution in [2.24, 2.45) is 11.7 Å². The number of ether oxygens (including phenoxy) is 1. The quantitative estimate of drug-likeness (QED) is 0.920. The predicted molar refractivity (Wildman–Crippen MR) is 83.0 cm³/mol. The molecule has 0 aliphatic carbocycles. The third-order valence-electron chi connectivity index (χ3n) is 3.97. The third kappa shape index (κ3) is 3.33. The first-order chi connectivity index (χ1) is 9.52. The van der Waals surface area contributed by atoms with E-state index < -0.39 is 0 Å². The van der Waals surface area contributed by atoms with Crippen LogP contribution in [0.25, 0.3) is 0 Å². The number of nitrogens with two attached hydrogens (primary N) is 1. The Morgan fingerprint density at radius 1 is 1.45 bits per heavy atom. The summed E-state index contributed by atoms with van der Waals surface area (Å²) in [5.41, 5.74) is 6.59. The van der Waals surface area contributed by atoms with Crippen LogP contribution in [0.4, 0.5) is 0 Å². The van der Waals surface area contributed by atoms with E-state index in [1.165, 1.54) is 0 Å². The zero-order valence-corrected chi connectivity index (χ0v) is 13.5. The Morgan fingerprint density at radius 2 is 2.10 bits per heavy atom. The topological polar surface area (TPSA) is 55.6 Å². The standard InChI is InChI=1S/C15H21BrN2O2/c1-10(17)11-5-7-18(8-6-11)15(19)13-9-12(20-2)3-4-14(13)16/h3-4,9-11H,5-8,17H2,1-2H3. The summed E-state index contributed by atoms with van der Waals surface area (Å²) >= 11 is 3.44. The molecule has 1 aromatic rings. The molecule has 2 N–H and O–H groups in total. The highest BCUT2D eigenvalue weighted by Crippen LogP contribution is 2.26. The molecule has 1 fully saturated rings. The minimum Gasteiger partial charge on any atom is -0.497 e. The van der Waals surface area contributed by atoms with Gasteiger partial charge in [0.1, 0.15) is 5.75 Å². The minimum absolute atomic E-state index is 0.0545. The first-order valence-electron chi connectivity index (χ1n) is 6.91. The van der Waals surface area contributed by atoms with Crippen LogP contribution < -0.4 is 10.5 Å². The van der Waals surface area contributed by atoms with Crippen molar-refractivity contribution in [2.75, 3.05) is 20.2 Å². The molecule has 1 heterocycles. The van der Waals surface area contributed by atoms with Gasteiger partial charge in [-0.05, 0) is 59.8 Å². The van der Waals surface area contributed by atoms with Crippen LogP contribution in [0.3, 0.4) is 0 Å². The summed E-state index contributed by atoms with van der Waals surface area (Å²) in [5.74, 6) is 1.27. The SMILES string of the molecule is COc1ccc(Br)c(C(=O)N2CCC(C(C)N)CC2)c1. The van der Waals surface area contributed by atoms with E-state index in [1.54, 1.807) is 13.2 Å². The molecule has 20 heavy (non-hydrogen) atoms. The number of hydrogen-bond acceptors (Lipinski definition) is 3. The first-order valence-corrected chi connectivity index (χ1v) is 7.70. The first kappa shape index (κ1) is 15.3. The Hall–Kier alpha value is -1.07. The van der Waals surface area contributed by atoms with Crippen LogP contribution in [0.15, 0.2) is 22.7 Å². The summed E-state index contributed by atoms with van der Waals surface area (Å²) in [5, 5.41) is 0. The molecule has 4 nitrogen and oxygen atoms in total. The Morgan fingerprint density at radius 3 is 2.65 bits per heavy atom. The maximum atomic E-state index is 12.6. The van der Waals surface area contributed by atoms with E-state index in [-0.39, 0.29) is 11.9 Å². The number of nitrogens with zero attached hydrogens (tertiary/aromatic N) is 1. The lowest BCUT2D eigenvalue weighted by Gasteiger charge is -2.34. The van der Waals surface area contributed by atoms with E-state index >= 15 is 0 Å². The van der Waals surface area contributed by atoms with Crippen LogP contribution in [0.2, 0.25) is 0 Å². The number of amides is 1. The molecule has 1 aromatic carbocycles. The van der Waals surface area contributed by atoms with Crippen LogP contribution >= 0.6 is 15.9 Å². The monoisotopic (exact) mass is 340 g/mol. The molecule has 1 aliphatic heterocycles. The van der Waals surface area contributed by atoms with Gasteiger partial charge in [-0.25, -0.2) is 0 Å². The number of halogens is 1. The molecule has 1 aliphatic rings. The molecule has 1 atom stereocenters. The number of carbonyl (C=O) groups excluding carboxylic acids is 1. The number of carbonyl (C=O) groups is 1. The van der Waals surface area contributed by atoms with E-state index in [2.05, 4.69) is 15.9 Å². The summed E-state index contributed by atoms with van der Waals surface area (Å²) in [7, 11) is 1.60. The second kappa shape index (κ2) is 6.59.